The quantitative estimate of drug-likeness (QED) is 0.508. The molecule has 188 valence electrons. The summed E-state index contributed by atoms with van der Waals surface area (Å²) in [6, 6.07) is 23.7. The number of hydrogen-bond donors (Lipinski definition) is 1. The van der Waals surface area contributed by atoms with Gasteiger partial charge in [-0.3, -0.25) is 24.1 Å². The lowest BCUT2D eigenvalue weighted by atomic mass is 10.1. The predicted molar refractivity (Wildman–Crippen MR) is 139 cm³/mol. The van der Waals surface area contributed by atoms with Crippen LogP contribution >= 0.6 is 0 Å². The molecule has 8 nitrogen and oxygen atoms in total. The fourth-order valence-electron chi connectivity index (χ4n) is 4.77. The van der Waals surface area contributed by atoms with Crippen molar-refractivity contribution in [3.63, 3.8) is 0 Å². The Kier molecular flexibility index (Phi) is 6.98. The van der Waals surface area contributed by atoms with Gasteiger partial charge in [0, 0.05) is 50.4 Å². The van der Waals surface area contributed by atoms with Gasteiger partial charge in [0.2, 0.25) is 5.91 Å². The van der Waals surface area contributed by atoms with Crippen LogP contribution in [0.5, 0.6) is 0 Å². The Morgan fingerprint density at radius 1 is 0.757 bits per heavy atom. The third-order valence-electron chi connectivity index (χ3n) is 6.79. The number of para-hydroxylation sites is 1. The Bertz CT molecular complexity index is 1300. The van der Waals surface area contributed by atoms with E-state index in [9.17, 15) is 19.2 Å². The molecule has 2 aliphatic rings. The summed E-state index contributed by atoms with van der Waals surface area (Å²) in [5.74, 6) is -0.949. The number of carbonyl (C=O) groups is 4. The molecule has 1 saturated heterocycles. The van der Waals surface area contributed by atoms with Crippen LogP contribution in [-0.2, 0) is 11.3 Å². The van der Waals surface area contributed by atoms with Crippen molar-refractivity contribution < 1.29 is 19.2 Å². The molecule has 5 rings (SSSR count). The van der Waals surface area contributed by atoms with Crippen molar-refractivity contribution >= 4 is 29.3 Å². The summed E-state index contributed by atoms with van der Waals surface area (Å²) in [4.78, 5) is 55.9. The molecule has 3 aromatic carbocycles. The summed E-state index contributed by atoms with van der Waals surface area (Å²) >= 11 is 0. The second-order valence-corrected chi connectivity index (χ2v) is 9.15. The largest absolute Gasteiger partial charge is 0.368 e. The third-order valence-corrected chi connectivity index (χ3v) is 6.79. The monoisotopic (exact) mass is 496 g/mol. The van der Waals surface area contributed by atoms with Crippen molar-refractivity contribution in [1.82, 2.24) is 15.1 Å². The molecule has 0 atom stereocenters. The lowest BCUT2D eigenvalue weighted by molar-refractivity contribution is -0.131. The van der Waals surface area contributed by atoms with E-state index in [0.29, 0.717) is 35.3 Å². The third kappa shape index (κ3) is 5.23. The Hall–Kier alpha value is -4.46. The summed E-state index contributed by atoms with van der Waals surface area (Å²) in [5.41, 5.74) is 3.04. The van der Waals surface area contributed by atoms with Gasteiger partial charge in [-0.2, -0.15) is 0 Å². The first-order chi connectivity index (χ1) is 18.0. The normalized spacial score (nSPS) is 15.1. The van der Waals surface area contributed by atoms with Crippen LogP contribution in [0.25, 0.3) is 0 Å². The minimum Gasteiger partial charge on any atom is -0.368 e. The number of benzene rings is 3. The zero-order valence-electron chi connectivity index (χ0n) is 20.4. The number of fused-ring (bicyclic) bond motifs is 1. The van der Waals surface area contributed by atoms with E-state index in [1.807, 2.05) is 23.1 Å². The minimum absolute atomic E-state index is 0.0207. The summed E-state index contributed by atoms with van der Waals surface area (Å²) < 4.78 is 0. The van der Waals surface area contributed by atoms with Gasteiger partial charge in [-0.25, -0.2) is 0 Å². The van der Waals surface area contributed by atoms with Crippen molar-refractivity contribution in [1.29, 1.82) is 0 Å². The SMILES string of the molecule is O=C(NCCC(=O)N1CCN(c2ccccc2)CC1)c1cccc(CN2C(=O)c3ccccc3C2=O)c1. The van der Waals surface area contributed by atoms with Gasteiger partial charge in [0.25, 0.3) is 17.7 Å². The molecular formula is C29H28N4O4. The maximum Gasteiger partial charge on any atom is 0.261 e. The highest BCUT2D eigenvalue weighted by atomic mass is 16.2. The Balaban J connectivity index is 1.10. The van der Waals surface area contributed by atoms with Gasteiger partial charge in [0.1, 0.15) is 0 Å². The first-order valence-electron chi connectivity index (χ1n) is 12.4. The second-order valence-electron chi connectivity index (χ2n) is 9.15. The molecule has 4 amide bonds. The first kappa shape index (κ1) is 24.2. The van der Waals surface area contributed by atoms with Gasteiger partial charge in [-0.15, -0.1) is 0 Å². The zero-order chi connectivity index (χ0) is 25.8. The number of rotatable bonds is 7. The first-order valence-corrected chi connectivity index (χ1v) is 12.4. The van der Waals surface area contributed by atoms with Crippen LogP contribution in [-0.4, -0.2) is 66.2 Å². The van der Waals surface area contributed by atoms with E-state index in [4.69, 9.17) is 0 Å². The molecule has 0 unspecified atom stereocenters. The van der Waals surface area contributed by atoms with E-state index in [-0.39, 0.29) is 43.1 Å². The lowest BCUT2D eigenvalue weighted by Gasteiger charge is -2.36. The van der Waals surface area contributed by atoms with Crippen LogP contribution in [0.15, 0.2) is 78.9 Å². The molecule has 2 heterocycles. The number of nitrogens with zero attached hydrogens (tertiary/aromatic N) is 3. The van der Waals surface area contributed by atoms with E-state index in [1.165, 1.54) is 4.90 Å². The van der Waals surface area contributed by atoms with Gasteiger partial charge in [-0.05, 0) is 42.0 Å². The van der Waals surface area contributed by atoms with Gasteiger partial charge in [-0.1, -0.05) is 42.5 Å². The highest BCUT2D eigenvalue weighted by Crippen LogP contribution is 2.24. The van der Waals surface area contributed by atoms with Gasteiger partial charge in [0.05, 0.1) is 17.7 Å². The zero-order valence-corrected chi connectivity index (χ0v) is 20.4. The summed E-state index contributed by atoms with van der Waals surface area (Å²) in [5, 5.41) is 2.81. The summed E-state index contributed by atoms with van der Waals surface area (Å²) in [6.07, 6.45) is 0.228. The summed E-state index contributed by atoms with van der Waals surface area (Å²) in [6.45, 7) is 3.19. The van der Waals surface area contributed by atoms with Crippen molar-refractivity contribution in [2.45, 2.75) is 13.0 Å². The van der Waals surface area contributed by atoms with Crippen molar-refractivity contribution in [3.8, 4) is 0 Å². The number of carbonyl (C=O) groups excluding carboxylic acids is 4. The molecule has 0 saturated carbocycles. The fourth-order valence-corrected chi connectivity index (χ4v) is 4.77. The molecule has 37 heavy (non-hydrogen) atoms. The average Bonchev–Trinajstić information content (AvgIpc) is 3.18. The molecule has 0 bridgehead atoms. The topological polar surface area (TPSA) is 90.0 Å². The van der Waals surface area contributed by atoms with Crippen LogP contribution in [0.1, 0.15) is 43.1 Å². The van der Waals surface area contributed by atoms with Crippen molar-refractivity contribution in [3.05, 3.63) is 101 Å². The van der Waals surface area contributed by atoms with E-state index >= 15 is 0 Å². The number of piperazine rings is 1. The van der Waals surface area contributed by atoms with Crippen molar-refractivity contribution in [2.75, 3.05) is 37.6 Å². The number of hydrogen-bond acceptors (Lipinski definition) is 5. The lowest BCUT2D eigenvalue weighted by Crippen LogP contribution is -2.49. The number of imide groups is 1. The highest BCUT2D eigenvalue weighted by molar-refractivity contribution is 6.21. The summed E-state index contributed by atoms with van der Waals surface area (Å²) in [7, 11) is 0. The van der Waals surface area contributed by atoms with Crippen LogP contribution < -0.4 is 10.2 Å². The molecule has 8 heteroatoms. The fraction of sp³-hybridized carbons (Fsp3) is 0.241. The molecular weight excluding hydrogens is 468 g/mol. The molecule has 3 aromatic rings. The van der Waals surface area contributed by atoms with E-state index in [1.54, 1.807) is 48.5 Å². The van der Waals surface area contributed by atoms with Crippen LogP contribution in [0, 0.1) is 0 Å². The molecule has 1 N–H and O–H groups in total. The molecule has 0 aromatic heterocycles. The van der Waals surface area contributed by atoms with Gasteiger partial charge >= 0.3 is 0 Å². The van der Waals surface area contributed by atoms with Crippen LogP contribution in [0.4, 0.5) is 5.69 Å². The number of nitrogens with one attached hydrogen (secondary N) is 1. The Morgan fingerprint density at radius 3 is 2.08 bits per heavy atom. The predicted octanol–water partition coefficient (Wildman–Crippen LogP) is 2.95. The maximum absolute atomic E-state index is 12.7. The van der Waals surface area contributed by atoms with Crippen LogP contribution in [0.2, 0.25) is 0 Å². The standard InChI is InChI=1S/C29H28N4O4/c34-26(32-17-15-31(16-18-32)23-9-2-1-3-10-23)13-14-30-27(35)22-8-6-7-21(19-22)20-33-28(36)24-11-4-5-12-25(24)29(33)37/h1-12,19H,13-18,20H2,(H,30,35). The molecule has 1 fully saturated rings. The number of anilines is 1. The maximum atomic E-state index is 12.7. The van der Waals surface area contributed by atoms with E-state index in [0.717, 1.165) is 18.8 Å². The Morgan fingerprint density at radius 2 is 1.41 bits per heavy atom. The molecule has 0 aliphatic carbocycles. The second kappa shape index (κ2) is 10.7. The highest BCUT2D eigenvalue weighted by Gasteiger charge is 2.35. The smallest absolute Gasteiger partial charge is 0.261 e. The molecule has 2 aliphatic heterocycles. The van der Waals surface area contributed by atoms with Crippen LogP contribution in [0.3, 0.4) is 0 Å². The molecule has 0 spiro atoms. The van der Waals surface area contributed by atoms with Gasteiger partial charge in [0.15, 0.2) is 0 Å². The van der Waals surface area contributed by atoms with E-state index in [2.05, 4.69) is 22.3 Å². The van der Waals surface area contributed by atoms with Crippen molar-refractivity contribution in [2.24, 2.45) is 0 Å². The minimum atomic E-state index is -0.335. The van der Waals surface area contributed by atoms with E-state index < -0.39 is 0 Å². The van der Waals surface area contributed by atoms with Gasteiger partial charge < -0.3 is 15.1 Å². The number of amides is 4. The Labute approximate surface area is 215 Å². The molecule has 0 radical (unpaired) electrons. The average molecular weight is 497 g/mol.